The maximum absolute atomic E-state index is 6.21. The van der Waals surface area contributed by atoms with Crippen molar-refractivity contribution in [2.24, 2.45) is 10.7 Å². The van der Waals surface area contributed by atoms with Crippen LogP contribution in [0.25, 0.3) is 0 Å². The van der Waals surface area contributed by atoms with Crippen LogP contribution in [0.3, 0.4) is 0 Å². The number of nitrogens with two attached hydrogens (primary N) is 1. The van der Waals surface area contributed by atoms with E-state index in [0.29, 0.717) is 0 Å². The first-order valence-electron chi connectivity index (χ1n) is 11.8. The fourth-order valence-corrected chi connectivity index (χ4v) is 3.29. The molecule has 0 aromatic rings. The van der Waals surface area contributed by atoms with Gasteiger partial charge in [0.2, 0.25) is 0 Å². The SMILES string of the molecule is CCCCCCCCCCCCCC/N=C(\N)N(CCCC)CCCC.Cl. The molecule has 3 nitrogen and oxygen atoms in total. The molecule has 0 bridgehead atoms. The Morgan fingerprint density at radius 3 is 1.37 bits per heavy atom. The highest BCUT2D eigenvalue weighted by Gasteiger charge is 2.06. The standard InChI is InChI=1S/C23H49N3.ClH/c1-4-7-10-11-12-13-14-15-16-17-18-19-20-25-23(24)26(21-8-5-2)22-9-6-3;/h4-22H2,1-3H3,(H2,24,25);1H. The molecule has 0 aliphatic heterocycles. The first-order chi connectivity index (χ1) is 12.8. The fraction of sp³-hybridized carbons (Fsp3) is 0.957. The minimum atomic E-state index is 0. The van der Waals surface area contributed by atoms with E-state index in [1.807, 2.05) is 0 Å². The molecule has 0 spiro atoms. The molecule has 2 N–H and O–H groups in total. The molecule has 0 rings (SSSR count). The molecule has 0 unspecified atom stereocenters. The van der Waals surface area contributed by atoms with Gasteiger partial charge in [-0.15, -0.1) is 12.4 Å². The highest BCUT2D eigenvalue weighted by atomic mass is 35.5. The zero-order valence-electron chi connectivity index (χ0n) is 18.8. The van der Waals surface area contributed by atoms with Crippen LogP contribution in [0.2, 0.25) is 0 Å². The Kier molecular flexibility index (Phi) is 25.1. The Balaban J connectivity index is 0. The van der Waals surface area contributed by atoms with Crippen LogP contribution in [0.4, 0.5) is 0 Å². The third kappa shape index (κ3) is 20.1. The van der Waals surface area contributed by atoms with Crippen molar-refractivity contribution in [1.82, 2.24) is 4.90 Å². The van der Waals surface area contributed by atoms with Gasteiger partial charge >= 0.3 is 0 Å². The molecule has 0 amide bonds. The summed E-state index contributed by atoms with van der Waals surface area (Å²) in [5.41, 5.74) is 6.21. The zero-order valence-corrected chi connectivity index (χ0v) is 19.6. The molecule has 0 saturated carbocycles. The molecule has 27 heavy (non-hydrogen) atoms. The van der Waals surface area contributed by atoms with Gasteiger partial charge in [-0.2, -0.15) is 0 Å². The third-order valence-electron chi connectivity index (χ3n) is 5.17. The second kappa shape index (κ2) is 23.6. The lowest BCUT2D eigenvalue weighted by Gasteiger charge is -2.23. The predicted molar refractivity (Wildman–Crippen MR) is 126 cm³/mol. The quantitative estimate of drug-likeness (QED) is 0.139. The Bertz CT molecular complexity index is 300. The minimum Gasteiger partial charge on any atom is -0.370 e. The number of nitrogens with zero attached hydrogens (tertiary/aromatic N) is 2. The van der Waals surface area contributed by atoms with Crippen molar-refractivity contribution < 1.29 is 0 Å². The van der Waals surface area contributed by atoms with Crippen LogP contribution in [0, 0.1) is 0 Å². The van der Waals surface area contributed by atoms with Crippen LogP contribution >= 0.6 is 12.4 Å². The normalized spacial score (nSPS) is 11.4. The Morgan fingerprint density at radius 1 is 0.593 bits per heavy atom. The first kappa shape index (κ1) is 28.8. The maximum atomic E-state index is 6.21. The lowest BCUT2D eigenvalue weighted by molar-refractivity contribution is 0.392. The molecule has 4 heteroatoms. The third-order valence-corrected chi connectivity index (χ3v) is 5.17. The van der Waals surface area contributed by atoms with Crippen LogP contribution in [-0.2, 0) is 0 Å². The van der Waals surface area contributed by atoms with Crippen molar-refractivity contribution in [3.63, 3.8) is 0 Å². The molecule has 0 fully saturated rings. The molecule has 0 atom stereocenters. The molecule has 164 valence electrons. The van der Waals surface area contributed by atoms with E-state index in [4.69, 9.17) is 5.73 Å². The lowest BCUT2D eigenvalue weighted by Crippen LogP contribution is -2.39. The van der Waals surface area contributed by atoms with Crippen LogP contribution in [0.1, 0.15) is 124 Å². The number of aliphatic imine (C=N–C) groups is 1. The van der Waals surface area contributed by atoms with E-state index in [0.717, 1.165) is 25.6 Å². The molecule has 0 aromatic carbocycles. The summed E-state index contributed by atoms with van der Waals surface area (Å²) < 4.78 is 0. The average Bonchev–Trinajstić information content (AvgIpc) is 2.65. The highest BCUT2D eigenvalue weighted by Crippen LogP contribution is 2.12. The summed E-state index contributed by atoms with van der Waals surface area (Å²) in [6.07, 6.45) is 21.5. The van der Waals surface area contributed by atoms with E-state index in [2.05, 4.69) is 30.7 Å². The smallest absolute Gasteiger partial charge is 0.191 e. The van der Waals surface area contributed by atoms with Crippen molar-refractivity contribution in [2.45, 2.75) is 124 Å². The van der Waals surface area contributed by atoms with Gasteiger partial charge in [-0.3, -0.25) is 4.99 Å². The topological polar surface area (TPSA) is 41.6 Å². The van der Waals surface area contributed by atoms with Gasteiger partial charge in [0.25, 0.3) is 0 Å². The van der Waals surface area contributed by atoms with Gasteiger partial charge in [-0.25, -0.2) is 0 Å². The minimum absolute atomic E-state index is 0. The summed E-state index contributed by atoms with van der Waals surface area (Å²) in [7, 11) is 0. The van der Waals surface area contributed by atoms with Gasteiger partial charge in [0.1, 0.15) is 0 Å². The van der Waals surface area contributed by atoms with Crippen molar-refractivity contribution in [2.75, 3.05) is 19.6 Å². The number of hydrogen-bond donors (Lipinski definition) is 1. The van der Waals surface area contributed by atoms with Gasteiger partial charge in [0.05, 0.1) is 0 Å². The fourth-order valence-electron chi connectivity index (χ4n) is 3.29. The molecule has 0 radical (unpaired) electrons. The van der Waals surface area contributed by atoms with Crippen molar-refractivity contribution in [3.8, 4) is 0 Å². The van der Waals surface area contributed by atoms with Crippen molar-refractivity contribution >= 4 is 18.4 Å². The van der Waals surface area contributed by atoms with E-state index >= 15 is 0 Å². The maximum Gasteiger partial charge on any atom is 0.191 e. The second-order valence-corrected chi connectivity index (χ2v) is 7.82. The van der Waals surface area contributed by atoms with Crippen LogP contribution in [0.15, 0.2) is 4.99 Å². The van der Waals surface area contributed by atoms with Gasteiger partial charge < -0.3 is 10.6 Å². The van der Waals surface area contributed by atoms with Gasteiger partial charge in [0, 0.05) is 19.6 Å². The summed E-state index contributed by atoms with van der Waals surface area (Å²) in [5, 5.41) is 0. The number of hydrogen-bond acceptors (Lipinski definition) is 1. The van der Waals surface area contributed by atoms with Crippen LogP contribution < -0.4 is 5.73 Å². The number of unbranched alkanes of at least 4 members (excludes halogenated alkanes) is 13. The number of guanidine groups is 1. The molecule has 0 aliphatic carbocycles. The highest BCUT2D eigenvalue weighted by molar-refractivity contribution is 5.85. The van der Waals surface area contributed by atoms with Crippen molar-refractivity contribution in [1.29, 1.82) is 0 Å². The van der Waals surface area contributed by atoms with Crippen LogP contribution in [0.5, 0.6) is 0 Å². The summed E-state index contributed by atoms with van der Waals surface area (Å²) in [5.74, 6) is 0.773. The zero-order chi connectivity index (χ0) is 19.3. The van der Waals surface area contributed by atoms with E-state index in [9.17, 15) is 0 Å². The van der Waals surface area contributed by atoms with E-state index in [1.54, 1.807) is 0 Å². The molecule has 0 aromatic heterocycles. The van der Waals surface area contributed by atoms with Crippen LogP contribution in [-0.4, -0.2) is 30.5 Å². The van der Waals surface area contributed by atoms with Gasteiger partial charge in [-0.1, -0.05) is 104 Å². The summed E-state index contributed by atoms with van der Waals surface area (Å²) in [4.78, 5) is 6.92. The number of rotatable bonds is 19. The summed E-state index contributed by atoms with van der Waals surface area (Å²) in [6, 6.07) is 0. The van der Waals surface area contributed by atoms with Crippen molar-refractivity contribution in [3.05, 3.63) is 0 Å². The average molecular weight is 404 g/mol. The molecular formula is C23H50ClN3. The summed E-state index contributed by atoms with van der Waals surface area (Å²) in [6.45, 7) is 9.77. The molecule has 0 saturated heterocycles. The monoisotopic (exact) mass is 403 g/mol. The summed E-state index contributed by atoms with van der Waals surface area (Å²) >= 11 is 0. The molecule has 0 heterocycles. The second-order valence-electron chi connectivity index (χ2n) is 7.82. The molecular weight excluding hydrogens is 354 g/mol. The van der Waals surface area contributed by atoms with E-state index < -0.39 is 0 Å². The first-order valence-corrected chi connectivity index (χ1v) is 11.8. The largest absolute Gasteiger partial charge is 0.370 e. The van der Waals surface area contributed by atoms with E-state index in [-0.39, 0.29) is 12.4 Å². The molecule has 0 aliphatic rings. The Labute approximate surface area is 177 Å². The Hall–Kier alpha value is -0.440. The van der Waals surface area contributed by atoms with E-state index in [1.165, 1.54) is 103 Å². The Morgan fingerprint density at radius 2 is 0.963 bits per heavy atom. The number of halogens is 1. The predicted octanol–water partition coefficient (Wildman–Crippen LogP) is 7.33. The lowest BCUT2D eigenvalue weighted by atomic mass is 10.1. The van der Waals surface area contributed by atoms with Gasteiger partial charge in [0.15, 0.2) is 5.96 Å². The van der Waals surface area contributed by atoms with Gasteiger partial charge in [-0.05, 0) is 19.3 Å².